The zero-order chi connectivity index (χ0) is 14.1. The Morgan fingerprint density at radius 2 is 1.89 bits per heavy atom. The standard InChI is InChI=1S/C15H28N2OS/c1-4-7-15(13-19,8-5-2)12-18-14-10-16-17(11-14)9-6-3/h10-11,19H,4-9,12-13H2,1-3H3. The molecule has 0 unspecified atom stereocenters. The minimum atomic E-state index is 0.208. The molecule has 0 aliphatic heterocycles. The Hall–Kier alpha value is -0.640. The second-order valence-electron chi connectivity index (χ2n) is 5.39. The predicted molar refractivity (Wildman–Crippen MR) is 84.1 cm³/mol. The zero-order valence-corrected chi connectivity index (χ0v) is 13.5. The lowest BCUT2D eigenvalue weighted by atomic mass is 9.82. The molecular formula is C15H28N2OS. The highest BCUT2D eigenvalue weighted by atomic mass is 32.1. The van der Waals surface area contributed by atoms with E-state index in [0.29, 0.717) is 0 Å². The molecule has 1 heterocycles. The van der Waals surface area contributed by atoms with Crippen molar-refractivity contribution >= 4 is 12.6 Å². The molecule has 0 amide bonds. The van der Waals surface area contributed by atoms with Crippen molar-refractivity contribution in [3.05, 3.63) is 12.4 Å². The fourth-order valence-electron chi connectivity index (χ4n) is 2.54. The smallest absolute Gasteiger partial charge is 0.157 e. The molecule has 19 heavy (non-hydrogen) atoms. The summed E-state index contributed by atoms with van der Waals surface area (Å²) in [5.74, 6) is 1.77. The quantitative estimate of drug-likeness (QED) is 0.652. The van der Waals surface area contributed by atoms with E-state index in [4.69, 9.17) is 4.74 Å². The summed E-state index contributed by atoms with van der Waals surface area (Å²) in [7, 11) is 0. The van der Waals surface area contributed by atoms with Gasteiger partial charge in [-0.05, 0) is 25.0 Å². The van der Waals surface area contributed by atoms with Crippen LogP contribution in [0.2, 0.25) is 0 Å². The van der Waals surface area contributed by atoms with E-state index < -0.39 is 0 Å². The summed E-state index contributed by atoms with van der Waals surface area (Å²) in [5.41, 5.74) is 0.208. The fourth-order valence-corrected chi connectivity index (χ4v) is 2.95. The first-order chi connectivity index (χ1) is 9.19. The van der Waals surface area contributed by atoms with Crippen molar-refractivity contribution in [2.45, 2.75) is 59.4 Å². The van der Waals surface area contributed by atoms with Crippen LogP contribution in [0.3, 0.4) is 0 Å². The van der Waals surface area contributed by atoms with Crippen molar-refractivity contribution in [3.8, 4) is 5.75 Å². The van der Waals surface area contributed by atoms with Crippen molar-refractivity contribution in [1.82, 2.24) is 9.78 Å². The van der Waals surface area contributed by atoms with Gasteiger partial charge in [0.1, 0.15) is 0 Å². The maximum Gasteiger partial charge on any atom is 0.157 e. The van der Waals surface area contributed by atoms with Crippen molar-refractivity contribution in [2.24, 2.45) is 5.41 Å². The van der Waals surface area contributed by atoms with Crippen LogP contribution in [0.25, 0.3) is 0 Å². The van der Waals surface area contributed by atoms with Gasteiger partial charge in [-0.2, -0.15) is 17.7 Å². The molecule has 0 atom stereocenters. The first-order valence-electron chi connectivity index (χ1n) is 7.45. The summed E-state index contributed by atoms with van der Waals surface area (Å²) in [6.07, 6.45) is 9.60. The molecule has 0 N–H and O–H groups in total. The van der Waals surface area contributed by atoms with Crippen LogP contribution in [0, 0.1) is 5.41 Å². The summed E-state index contributed by atoms with van der Waals surface area (Å²) < 4.78 is 7.90. The van der Waals surface area contributed by atoms with Gasteiger partial charge in [0.15, 0.2) is 5.75 Å². The van der Waals surface area contributed by atoms with Gasteiger partial charge in [-0.1, -0.05) is 33.6 Å². The van der Waals surface area contributed by atoms with Crippen LogP contribution in [0.4, 0.5) is 0 Å². The van der Waals surface area contributed by atoms with E-state index in [1.54, 1.807) is 0 Å². The molecule has 0 bridgehead atoms. The Kier molecular flexibility index (Phi) is 7.36. The van der Waals surface area contributed by atoms with Crippen molar-refractivity contribution in [1.29, 1.82) is 0 Å². The minimum absolute atomic E-state index is 0.208. The molecule has 3 nitrogen and oxygen atoms in total. The molecule has 0 aliphatic carbocycles. The molecule has 1 rings (SSSR count). The average Bonchev–Trinajstić information content (AvgIpc) is 2.85. The summed E-state index contributed by atoms with van der Waals surface area (Å²) in [5, 5.41) is 4.30. The van der Waals surface area contributed by atoms with Gasteiger partial charge in [0.2, 0.25) is 0 Å². The maximum atomic E-state index is 5.96. The number of aromatic nitrogens is 2. The van der Waals surface area contributed by atoms with E-state index in [0.717, 1.165) is 31.1 Å². The zero-order valence-electron chi connectivity index (χ0n) is 12.6. The van der Waals surface area contributed by atoms with Gasteiger partial charge in [0.05, 0.1) is 19.0 Å². The number of hydrogen-bond acceptors (Lipinski definition) is 3. The molecule has 0 aliphatic rings. The molecule has 0 saturated carbocycles. The molecule has 0 saturated heterocycles. The highest BCUT2D eigenvalue weighted by Gasteiger charge is 2.28. The molecule has 0 radical (unpaired) electrons. The Bertz CT molecular complexity index is 346. The van der Waals surface area contributed by atoms with Gasteiger partial charge < -0.3 is 4.74 Å². The van der Waals surface area contributed by atoms with Gasteiger partial charge in [-0.15, -0.1) is 0 Å². The van der Waals surface area contributed by atoms with Crippen LogP contribution in [0.15, 0.2) is 12.4 Å². The van der Waals surface area contributed by atoms with Crippen molar-refractivity contribution in [2.75, 3.05) is 12.4 Å². The lowest BCUT2D eigenvalue weighted by molar-refractivity contribution is 0.143. The fraction of sp³-hybridized carbons (Fsp3) is 0.800. The van der Waals surface area contributed by atoms with Crippen LogP contribution in [-0.4, -0.2) is 22.1 Å². The monoisotopic (exact) mass is 284 g/mol. The summed E-state index contributed by atoms with van der Waals surface area (Å²) in [6, 6.07) is 0. The third-order valence-electron chi connectivity index (χ3n) is 3.50. The molecule has 0 aromatic carbocycles. The summed E-state index contributed by atoms with van der Waals surface area (Å²) in [6.45, 7) is 8.30. The number of rotatable bonds is 10. The molecule has 110 valence electrons. The SMILES string of the molecule is CCCn1cc(OCC(CS)(CCC)CCC)cn1. The first-order valence-corrected chi connectivity index (χ1v) is 8.09. The number of nitrogens with zero attached hydrogens (tertiary/aromatic N) is 2. The van der Waals surface area contributed by atoms with E-state index in [2.05, 4.69) is 38.5 Å². The molecule has 4 heteroatoms. The summed E-state index contributed by atoms with van der Waals surface area (Å²) in [4.78, 5) is 0. The Balaban J connectivity index is 2.58. The Labute approximate surface area is 123 Å². The van der Waals surface area contributed by atoms with Crippen LogP contribution in [-0.2, 0) is 6.54 Å². The predicted octanol–water partition coefficient (Wildman–Crippen LogP) is 4.19. The van der Waals surface area contributed by atoms with Crippen LogP contribution in [0.5, 0.6) is 5.75 Å². The third-order valence-corrected chi connectivity index (χ3v) is 4.17. The second-order valence-corrected chi connectivity index (χ2v) is 5.70. The highest BCUT2D eigenvalue weighted by Crippen LogP contribution is 2.32. The molecule has 1 aromatic heterocycles. The van der Waals surface area contributed by atoms with E-state index >= 15 is 0 Å². The normalized spacial score (nSPS) is 11.8. The molecule has 0 spiro atoms. The van der Waals surface area contributed by atoms with Gasteiger partial charge in [-0.25, -0.2) is 0 Å². The largest absolute Gasteiger partial charge is 0.490 e. The molecule has 1 aromatic rings. The second kappa shape index (κ2) is 8.51. The van der Waals surface area contributed by atoms with Gasteiger partial charge in [0.25, 0.3) is 0 Å². The van der Waals surface area contributed by atoms with E-state index in [9.17, 15) is 0 Å². The minimum Gasteiger partial charge on any atom is -0.490 e. The lowest BCUT2D eigenvalue weighted by Gasteiger charge is -2.31. The Morgan fingerprint density at radius 1 is 1.21 bits per heavy atom. The van der Waals surface area contributed by atoms with Crippen molar-refractivity contribution < 1.29 is 4.74 Å². The van der Waals surface area contributed by atoms with Gasteiger partial charge >= 0.3 is 0 Å². The van der Waals surface area contributed by atoms with Crippen LogP contribution < -0.4 is 4.74 Å². The number of aryl methyl sites for hydroxylation is 1. The maximum absolute atomic E-state index is 5.96. The van der Waals surface area contributed by atoms with E-state index in [1.807, 2.05) is 17.1 Å². The topological polar surface area (TPSA) is 27.1 Å². The van der Waals surface area contributed by atoms with Crippen LogP contribution >= 0.6 is 12.6 Å². The number of ether oxygens (including phenoxy) is 1. The Morgan fingerprint density at radius 3 is 2.42 bits per heavy atom. The first kappa shape index (κ1) is 16.4. The van der Waals surface area contributed by atoms with E-state index in [-0.39, 0.29) is 5.41 Å². The number of hydrogen-bond donors (Lipinski definition) is 1. The lowest BCUT2D eigenvalue weighted by Crippen LogP contribution is -2.30. The highest BCUT2D eigenvalue weighted by molar-refractivity contribution is 7.80. The molecular weight excluding hydrogens is 256 g/mol. The van der Waals surface area contributed by atoms with Gasteiger partial charge in [0, 0.05) is 12.0 Å². The average molecular weight is 284 g/mol. The van der Waals surface area contributed by atoms with E-state index in [1.165, 1.54) is 25.7 Å². The van der Waals surface area contributed by atoms with Crippen molar-refractivity contribution in [3.63, 3.8) is 0 Å². The van der Waals surface area contributed by atoms with Crippen LogP contribution in [0.1, 0.15) is 52.9 Å². The van der Waals surface area contributed by atoms with Gasteiger partial charge in [-0.3, -0.25) is 4.68 Å². The summed E-state index contributed by atoms with van der Waals surface area (Å²) >= 11 is 4.55. The third kappa shape index (κ3) is 5.09. The molecule has 0 fully saturated rings. The number of thiol groups is 1.